The minimum atomic E-state index is -0.493. The van der Waals surface area contributed by atoms with E-state index in [0.29, 0.717) is 16.4 Å². The molecule has 0 bridgehead atoms. The molecule has 0 atom stereocenters. The van der Waals surface area contributed by atoms with Gasteiger partial charge in [-0.05, 0) is 12.1 Å². The van der Waals surface area contributed by atoms with Crippen LogP contribution >= 0.6 is 22.9 Å². The number of rotatable bonds is 3. The van der Waals surface area contributed by atoms with E-state index >= 15 is 0 Å². The lowest BCUT2D eigenvalue weighted by atomic mass is 10.3. The zero-order valence-electron chi connectivity index (χ0n) is 7.94. The number of carbonyl (C=O) groups excluding carboxylic acids is 1. The highest BCUT2D eigenvalue weighted by Crippen LogP contribution is 2.28. The molecule has 1 aromatic heterocycles. The number of aldehydes is 1. The summed E-state index contributed by atoms with van der Waals surface area (Å²) in [6.45, 7) is 0. The van der Waals surface area contributed by atoms with Crippen LogP contribution in [0, 0.1) is 5.82 Å². The summed E-state index contributed by atoms with van der Waals surface area (Å²) in [5.74, 6) is 0.476. The number of hydrogen-bond acceptors (Lipinski definition) is 3. The molecular formula is C11H6ClFO2S. The molecule has 0 fully saturated rings. The second-order valence-electron chi connectivity index (χ2n) is 2.98. The van der Waals surface area contributed by atoms with Crippen molar-refractivity contribution < 1.29 is 13.9 Å². The number of carbonyl (C=O) groups is 1. The Labute approximate surface area is 100 Å². The van der Waals surface area contributed by atoms with E-state index in [-0.39, 0.29) is 5.02 Å². The summed E-state index contributed by atoms with van der Waals surface area (Å²) >= 11 is 6.88. The van der Waals surface area contributed by atoms with Crippen LogP contribution in [0.1, 0.15) is 9.67 Å². The van der Waals surface area contributed by atoms with Crippen molar-refractivity contribution in [3.05, 3.63) is 45.4 Å². The second-order valence-corrected chi connectivity index (χ2v) is 4.33. The summed E-state index contributed by atoms with van der Waals surface area (Å²) < 4.78 is 18.3. The lowest BCUT2D eigenvalue weighted by molar-refractivity contribution is 0.112. The minimum absolute atomic E-state index is 0.00309. The van der Waals surface area contributed by atoms with Crippen molar-refractivity contribution in [3.8, 4) is 11.5 Å². The van der Waals surface area contributed by atoms with Crippen LogP contribution in [0.25, 0.3) is 0 Å². The van der Waals surface area contributed by atoms with Crippen LogP contribution in [0.3, 0.4) is 0 Å². The summed E-state index contributed by atoms with van der Waals surface area (Å²) in [5.41, 5.74) is 0. The fraction of sp³-hybridized carbons (Fsp3) is 0. The molecule has 0 aliphatic heterocycles. The van der Waals surface area contributed by atoms with E-state index in [2.05, 4.69) is 0 Å². The van der Waals surface area contributed by atoms with Gasteiger partial charge in [-0.25, -0.2) is 4.39 Å². The number of hydrogen-bond donors (Lipinski definition) is 0. The Morgan fingerprint density at radius 3 is 2.75 bits per heavy atom. The number of benzene rings is 1. The molecule has 0 radical (unpaired) electrons. The first-order valence-electron chi connectivity index (χ1n) is 4.35. The second kappa shape index (κ2) is 4.63. The first kappa shape index (κ1) is 11.1. The summed E-state index contributed by atoms with van der Waals surface area (Å²) in [5, 5.41) is 1.70. The molecule has 1 aromatic carbocycles. The molecule has 0 aliphatic rings. The maximum atomic E-state index is 12.9. The average Bonchev–Trinajstić information content (AvgIpc) is 2.71. The molecule has 0 unspecified atom stereocenters. The number of thiophene rings is 1. The molecule has 5 heteroatoms. The third-order valence-corrected chi connectivity index (χ3v) is 2.96. The standard InChI is InChI=1S/C11H6ClFO2S/c12-10-4-7(1-2-11(10)13)15-8-3-9(5-14)16-6-8/h1-6H. The normalized spacial score (nSPS) is 10.1. The molecule has 0 aliphatic carbocycles. The van der Waals surface area contributed by atoms with Crippen molar-refractivity contribution >= 4 is 29.2 Å². The Morgan fingerprint density at radius 2 is 2.12 bits per heavy atom. The summed E-state index contributed by atoms with van der Waals surface area (Å²) in [7, 11) is 0. The molecule has 16 heavy (non-hydrogen) atoms. The lowest BCUT2D eigenvalue weighted by Crippen LogP contribution is -1.83. The van der Waals surface area contributed by atoms with E-state index in [4.69, 9.17) is 16.3 Å². The van der Waals surface area contributed by atoms with Gasteiger partial charge in [-0.1, -0.05) is 11.6 Å². The predicted octanol–water partition coefficient (Wildman–Crippen LogP) is 4.15. The van der Waals surface area contributed by atoms with Gasteiger partial charge in [-0.2, -0.15) is 0 Å². The van der Waals surface area contributed by atoms with Gasteiger partial charge < -0.3 is 4.74 Å². The quantitative estimate of drug-likeness (QED) is 0.772. The highest BCUT2D eigenvalue weighted by atomic mass is 35.5. The monoisotopic (exact) mass is 256 g/mol. The lowest BCUT2D eigenvalue weighted by Gasteiger charge is -2.03. The highest BCUT2D eigenvalue weighted by molar-refractivity contribution is 7.11. The molecular weight excluding hydrogens is 251 g/mol. The minimum Gasteiger partial charge on any atom is -0.456 e. The topological polar surface area (TPSA) is 26.3 Å². The zero-order valence-corrected chi connectivity index (χ0v) is 9.52. The van der Waals surface area contributed by atoms with Crippen LogP contribution in [-0.2, 0) is 0 Å². The Kier molecular flexibility index (Phi) is 3.22. The molecule has 0 amide bonds. The summed E-state index contributed by atoms with van der Waals surface area (Å²) in [4.78, 5) is 11.0. The Morgan fingerprint density at radius 1 is 1.31 bits per heavy atom. The van der Waals surface area contributed by atoms with Gasteiger partial charge in [0, 0.05) is 17.5 Å². The highest BCUT2D eigenvalue weighted by Gasteiger charge is 2.04. The molecule has 2 nitrogen and oxygen atoms in total. The van der Waals surface area contributed by atoms with Crippen LogP contribution in [-0.4, -0.2) is 6.29 Å². The van der Waals surface area contributed by atoms with E-state index in [1.54, 1.807) is 11.4 Å². The van der Waals surface area contributed by atoms with Crippen LogP contribution in [0.4, 0.5) is 4.39 Å². The van der Waals surface area contributed by atoms with Crippen LogP contribution in [0.15, 0.2) is 29.6 Å². The van der Waals surface area contributed by atoms with E-state index in [1.165, 1.54) is 29.5 Å². The van der Waals surface area contributed by atoms with Gasteiger partial charge in [0.2, 0.25) is 0 Å². The van der Waals surface area contributed by atoms with Gasteiger partial charge >= 0.3 is 0 Å². The largest absolute Gasteiger partial charge is 0.456 e. The SMILES string of the molecule is O=Cc1cc(Oc2ccc(F)c(Cl)c2)cs1. The molecule has 0 N–H and O–H groups in total. The van der Waals surface area contributed by atoms with Crippen LogP contribution in [0.2, 0.25) is 5.02 Å². The summed E-state index contributed by atoms with van der Waals surface area (Å²) in [6, 6.07) is 5.69. The smallest absolute Gasteiger partial charge is 0.160 e. The summed E-state index contributed by atoms with van der Waals surface area (Å²) in [6.07, 6.45) is 0.745. The van der Waals surface area contributed by atoms with E-state index in [9.17, 15) is 9.18 Å². The van der Waals surface area contributed by atoms with Crippen molar-refractivity contribution in [1.82, 2.24) is 0 Å². The van der Waals surface area contributed by atoms with Gasteiger partial charge in [0.25, 0.3) is 0 Å². The van der Waals surface area contributed by atoms with Crippen molar-refractivity contribution in [3.63, 3.8) is 0 Å². The van der Waals surface area contributed by atoms with Gasteiger partial charge in [-0.15, -0.1) is 11.3 Å². The van der Waals surface area contributed by atoms with E-state index in [1.807, 2.05) is 0 Å². The average molecular weight is 257 g/mol. The molecule has 1 heterocycles. The van der Waals surface area contributed by atoms with Crippen LogP contribution < -0.4 is 4.74 Å². The Hall–Kier alpha value is -1.39. The van der Waals surface area contributed by atoms with Crippen molar-refractivity contribution in [2.75, 3.05) is 0 Å². The molecule has 82 valence electrons. The van der Waals surface area contributed by atoms with Gasteiger partial charge in [0.15, 0.2) is 6.29 Å². The third kappa shape index (κ3) is 2.40. The number of ether oxygens (including phenoxy) is 1. The number of halogens is 2. The predicted molar refractivity (Wildman–Crippen MR) is 61.2 cm³/mol. The van der Waals surface area contributed by atoms with E-state index < -0.39 is 5.82 Å². The third-order valence-electron chi connectivity index (χ3n) is 1.84. The first-order valence-corrected chi connectivity index (χ1v) is 5.61. The fourth-order valence-corrected chi connectivity index (χ4v) is 1.90. The van der Waals surface area contributed by atoms with E-state index in [0.717, 1.165) is 6.29 Å². The fourth-order valence-electron chi connectivity index (χ4n) is 1.13. The molecule has 0 saturated carbocycles. The molecule has 0 spiro atoms. The molecule has 2 aromatic rings. The van der Waals surface area contributed by atoms with Gasteiger partial charge in [0.1, 0.15) is 17.3 Å². The van der Waals surface area contributed by atoms with Gasteiger partial charge in [0.05, 0.1) is 9.90 Å². The van der Waals surface area contributed by atoms with Gasteiger partial charge in [-0.3, -0.25) is 4.79 Å². The van der Waals surface area contributed by atoms with Crippen LogP contribution in [0.5, 0.6) is 11.5 Å². The molecule has 0 saturated heterocycles. The van der Waals surface area contributed by atoms with Crippen molar-refractivity contribution in [2.45, 2.75) is 0 Å². The molecule has 2 rings (SSSR count). The maximum absolute atomic E-state index is 12.9. The maximum Gasteiger partial charge on any atom is 0.160 e. The zero-order chi connectivity index (χ0) is 11.5. The Balaban J connectivity index is 2.20. The first-order chi connectivity index (χ1) is 7.69. The van der Waals surface area contributed by atoms with Crippen molar-refractivity contribution in [1.29, 1.82) is 0 Å². The Bertz CT molecular complexity index is 524. The van der Waals surface area contributed by atoms with Crippen molar-refractivity contribution in [2.24, 2.45) is 0 Å².